The Morgan fingerprint density at radius 3 is 2.78 bits per heavy atom. The summed E-state index contributed by atoms with van der Waals surface area (Å²) in [6, 6.07) is 0. The molecular formula is C10H11F3N2O2S. The van der Waals surface area contributed by atoms with Gasteiger partial charge in [0.15, 0.2) is 5.13 Å². The van der Waals surface area contributed by atoms with Gasteiger partial charge in [-0.05, 0) is 12.8 Å². The lowest BCUT2D eigenvalue weighted by molar-refractivity contribution is -0.151. The van der Waals surface area contributed by atoms with Crippen molar-refractivity contribution >= 4 is 22.4 Å². The quantitative estimate of drug-likeness (QED) is 0.860. The Labute approximate surface area is 105 Å². The number of carbonyl (C=O) groups is 1. The summed E-state index contributed by atoms with van der Waals surface area (Å²) in [6.07, 6.45) is -4.19. The standard InChI is InChI=1S/C10H11F3N2O2S/c1-17-7(16)4-6-5-18-8(14-6)15-9(2-3-9)10(11,12)13/h5H,2-4H2,1H3,(H,14,15). The van der Waals surface area contributed by atoms with Crippen LogP contribution in [0, 0.1) is 0 Å². The molecule has 0 atom stereocenters. The van der Waals surface area contributed by atoms with Crippen molar-refractivity contribution in [2.45, 2.75) is 31.0 Å². The molecule has 1 aliphatic carbocycles. The molecule has 18 heavy (non-hydrogen) atoms. The third kappa shape index (κ3) is 2.58. The normalized spacial score (nSPS) is 17.3. The third-order valence-electron chi connectivity index (χ3n) is 2.74. The maximum absolute atomic E-state index is 12.7. The van der Waals surface area contributed by atoms with E-state index in [9.17, 15) is 18.0 Å². The molecule has 4 nitrogen and oxygen atoms in total. The first kappa shape index (κ1) is 13.1. The zero-order valence-corrected chi connectivity index (χ0v) is 10.3. The van der Waals surface area contributed by atoms with Crippen molar-refractivity contribution in [3.05, 3.63) is 11.1 Å². The lowest BCUT2D eigenvalue weighted by atomic mass is 10.3. The number of esters is 1. The number of carbonyl (C=O) groups excluding carboxylic acids is 1. The monoisotopic (exact) mass is 280 g/mol. The lowest BCUT2D eigenvalue weighted by Crippen LogP contribution is -2.38. The van der Waals surface area contributed by atoms with Crippen molar-refractivity contribution in [2.24, 2.45) is 0 Å². The van der Waals surface area contributed by atoms with Gasteiger partial charge in [0.25, 0.3) is 0 Å². The maximum Gasteiger partial charge on any atom is 0.411 e. The third-order valence-corrected chi connectivity index (χ3v) is 3.55. The molecule has 0 bridgehead atoms. The number of nitrogens with one attached hydrogen (secondary N) is 1. The minimum atomic E-state index is -4.28. The maximum atomic E-state index is 12.7. The van der Waals surface area contributed by atoms with Crippen LogP contribution in [0.2, 0.25) is 0 Å². The number of rotatable bonds is 4. The van der Waals surface area contributed by atoms with E-state index in [1.165, 1.54) is 7.11 Å². The Morgan fingerprint density at radius 2 is 2.28 bits per heavy atom. The van der Waals surface area contributed by atoms with Crippen LogP contribution >= 0.6 is 11.3 Å². The summed E-state index contributed by atoms with van der Waals surface area (Å²) in [5.74, 6) is -0.469. The molecule has 1 aromatic heterocycles. The lowest BCUT2D eigenvalue weighted by Gasteiger charge is -2.19. The summed E-state index contributed by atoms with van der Waals surface area (Å²) in [4.78, 5) is 14.9. The van der Waals surface area contributed by atoms with Crippen molar-refractivity contribution < 1.29 is 22.7 Å². The molecule has 0 aliphatic heterocycles. The predicted molar refractivity (Wildman–Crippen MR) is 59.5 cm³/mol. The van der Waals surface area contributed by atoms with E-state index in [1.54, 1.807) is 5.38 Å². The SMILES string of the molecule is COC(=O)Cc1csc(NC2(C(F)(F)F)CC2)n1. The highest BCUT2D eigenvalue weighted by molar-refractivity contribution is 7.13. The number of hydrogen-bond acceptors (Lipinski definition) is 5. The topological polar surface area (TPSA) is 51.2 Å². The van der Waals surface area contributed by atoms with Crippen LogP contribution in [-0.2, 0) is 16.0 Å². The summed E-state index contributed by atoms with van der Waals surface area (Å²) in [7, 11) is 1.25. The van der Waals surface area contributed by atoms with Gasteiger partial charge < -0.3 is 10.1 Å². The van der Waals surface area contributed by atoms with Crippen molar-refractivity contribution in [3.63, 3.8) is 0 Å². The van der Waals surface area contributed by atoms with Crippen LogP contribution in [0.3, 0.4) is 0 Å². The smallest absolute Gasteiger partial charge is 0.411 e. The highest BCUT2D eigenvalue weighted by Gasteiger charge is 2.63. The van der Waals surface area contributed by atoms with Gasteiger partial charge in [0.1, 0.15) is 5.54 Å². The molecule has 0 aromatic carbocycles. The van der Waals surface area contributed by atoms with Gasteiger partial charge >= 0.3 is 12.1 Å². The van der Waals surface area contributed by atoms with E-state index in [4.69, 9.17) is 0 Å². The summed E-state index contributed by atoms with van der Waals surface area (Å²) >= 11 is 1.06. The first-order valence-corrected chi connectivity index (χ1v) is 6.10. The first-order chi connectivity index (χ1) is 8.36. The molecule has 0 unspecified atom stereocenters. The number of alkyl halides is 3. The van der Waals surface area contributed by atoms with E-state index in [-0.39, 0.29) is 24.4 Å². The molecule has 0 spiro atoms. The van der Waals surface area contributed by atoms with E-state index in [0.29, 0.717) is 5.69 Å². The second kappa shape index (κ2) is 4.42. The first-order valence-electron chi connectivity index (χ1n) is 5.22. The number of methoxy groups -OCH3 is 1. The molecule has 1 heterocycles. The molecule has 0 saturated heterocycles. The van der Waals surface area contributed by atoms with Crippen LogP contribution < -0.4 is 5.32 Å². The highest BCUT2D eigenvalue weighted by Crippen LogP contribution is 2.51. The highest BCUT2D eigenvalue weighted by atomic mass is 32.1. The molecule has 100 valence electrons. The van der Waals surface area contributed by atoms with Gasteiger partial charge in [-0.3, -0.25) is 4.79 Å². The van der Waals surface area contributed by atoms with E-state index >= 15 is 0 Å². The number of thiazole rings is 1. The van der Waals surface area contributed by atoms with Crippen LogP contribution in [0.25, 0.3) is 0 Å². The minimum Gasteiger partial charge on any atom is -0.469 e. The molecule has 2 rings (SSSR count). The van der Waals surface area contributed by atoms with E-state index in [1.807, 2.05) is 0 Å². The molecule has 0 amide bonds. The second-order valence-corrected chi connectivity index (χ2v) is 4.96. The number of ether oxygens (including phenoxy) is 1. The number of nitrogens with zero attached hydrogens (tertiary/aromatic N) is 1. The summed E-state index contributed by atoms with van der Waals surface area (Å²) < 4.78 is 42.5. The molecule has 1 fully saturated rings. The molecule has 1 N–H and O–H groups in total. The predicted octanol–water partition coefficient (Wildman–Crippen LogP) is 2.37. The van der Waals surface area contributed by atoms with Gasteiger partial charge in [-0.25, -0.2) is 4.98 Å². The Kier molecular flexibility index (Phi) is 3.22. The molecule has 0 radical (unpaired) electrons. The van der Waals surface area contributed by atoms with E-state index in [0.717, 1.165) is 11.3 Å². The number of halogens is 3. The van der Waals surface area contributed by atoms with Gasteiger partial charge in [-0.2, -0.15) is 13.2 Å². The zero-order valence-electron chi connectivity index (χ0n) is 9.50. The van der Waals surface area contributed by atoms with Gasteiger partial charge in [0.2, 0.25) is 0 Å². The number of hydrogen-bond donors (Lipinski definition) is 1. The Bertz CT molecular complexity index is 454. The van der Waals surface area contributed by atoms with Gasteiger partial charge in [0.05, 0.1) is 19.2 Å². The molecule has 1 aromatic rings. The Hall–Kier alpha value is -1.31. The van der Waals surface area contributed by atoms with Crippen molar-refractivity contribution in [1.82, 2.24) is 4.98 Å². The molecular weight excluding hydrogens is 269 g/mol. The summed E-state index contributed by atoms with van der Waals surface area (Å²) in [5.41, 5.74) is -1.42. The van der Waals surface area contributed by atoms with Crippen LogP contribution in [0.1, 0.15) is 18.5 Å². The fourth-order valence-electron chi connectivity index (χ4n) is 1.47. The average Bonchev–Trinajstić information content (AvgIpc) is 2.94. The van der Waals surface area contributed by atoms with Gasteiger partial charge in [-0.15, -0.1) is 11.3 Å². The zero-order chi connectivity index (χ0) is 13.4. The van der Waals surface area contributed by atoms with E-state index in [2.05, 4.69) is 15.0 Å². The number of anilines is 1. The van der Waals surface area contributed by atoms with Gasteiger partial charge in [0, 0.05) is 5.38 Å². The van der Waals surface area contributed by atoms with Crippen molar-refractivity contribution in [1.29, 1.82) is 0 Å². The van der Waals surface area contributed by atoms with Crippen LogP contribution in [-0.4, -0.2) is 29.8 Å². The second-order valence-electron chi connectivity index (χ2n) is 4.10. The van der Waals surface area contributed by atoms with E-state index < -0.39 is 17.7 Å². The average molecular weight is 280 g/mol. The molecule has 1 saturated carbocycles. The van der Waals surface area contributed by atoms with Crippen LogP contribution in [0.4, 0.5) is 18.3 Å². The number of aromatic nitrogens is 1. The Morgan fingerprint density at radius 1 is 1.61 bits per heavy atom. The Balaban J connectivity index is 2.01. The van der Waals surface area contributed by atoms with Gasteiger partial charge in [-0.1, -0.05) is 0 Å². The fraction of sp³-hybridized carbons (Fsp3) is 0.600. The summed E-state index contributed by atoms with van der Waals surface area (Å²) in [5, 5.41) is 4.14. The largest absolute Gasteiger partial charge is 0.469 e. The van der Waals surface area contributed by atoms with Crippen molar-refractivity contribution in [3.8, 4) is 0 Å². The molecule has 8 heteroatoms. The summed E-state index contributed by atoms with van der Waals surface area (Å²) in [6.45, 7) is 0. The fourth-order valence-corrected chi connectivity index (χ4v) is 2.28. The molecule has 1 aliphatic rings. The van der Waals surface area contributed by atoms with Crippen LogP contribution in [0.15, 0.2) is 5.38 Å². The van der Waals surface area contributed by atoms with Crippen LogP contribution in [0.5, 0.6) is 0 Å². The minimum absolute atomic E-state index is 0.0340. The van der Waals surface area contributed by atoms with Crippen molar-refractivity contribution in [2.75, 3.05) is 12.4 Å².